The zero-order valence-corrected chi connectivity index (χ0v) is 18.3. The Labute approximate surface area is 180 Å². The van der Waals surface area contributed by atoms with Crippen LogP contribution in [0.25, 0.3) is 0 Å². The van der Waals surface area contributed by atoms with E-state index in [0.717, 1.165) is 45.6 Å². The molecule has 7 heteroatoms. The van der Waals surface area contributed by atoms with Crippen molar-refractivity contribution in [3.05, 3.63) is 0 Å². The van der Waals surface area contributed by atoms with Crippen molar-refractivity contribution < 1.29 is 13.9 Å². The normalized spacial score (nSPS) is 45.6. The lowest BCUT2D eigenvalue weighted by atomic mass is 9.61. The lowest BCUT2D eigenvalue weighted by Crippen LogP contribution is -2.59. The molecule has 4 aliphatic rings. The third-order valence-electron chi connectivity index (χ3n) is 8.18. The summed E-state index contributed by atoms with van der Waals surface area (Å²) in [5.41, 5.74) is 0. The summed E-state index contributed by atoms with van der Waals surface area (Å²) in [5, 5.41) is 19.9. The number of halogens is 1. The first kappa shape index (κ1) is 22.4. The zero-order chi connectivity index (χ0) is 20.9. The molecule has 6 nitrogen and oxygen atoms in total. The number of morpholine rings is 1. The van der Waals surface area contributed by atoms with Crippen LogP contribution in [-0.4, -0.2) is 64.4 Å². The molecule has 2 aliphatic carbocycles. The Morgan fingerprint density at radius 1 is 1.07 bits per heavy atom. The van der Waals surface area contributed by atoms with E-state index in [4.69, 9.17) is 9.47 Å². The fourth-order valence-electron chi connectivity index (χ4n) is 6.53. The summed E-state index contributed by atoms with van der Waals surface area (Å²) in [4.78, 5) is 0. The van der Waals surface area contributed by atoms with Crippen LogP contribution in [0.2, 0.25) is 0 Å². The van der Waals surface area contributed by atoms with E-state index in [0.29, 0.717) is 48.7 Å². The molecule has 0 amide bonds. The quantitative estimate of drug-likeness (QED) is 0.631. The second-order valence-corrected chi connectivity index (χ2v) is 9.91. The molecule has 0 aromatic rings. The number of ether oxygens (including phenoxy) is 2. The molecule has 9 unspecified atom stereocenters. The number of piperazine rings is 1. The SMILES string of the molecule is COC1CNC(C2CCC(CC3CNCCO3)CC2C2CCC(C#N)C(F)C2)CN1. The Kier molecular flexibility index (Phi) is 7.99. The number of hydrogen-bond acceptors (Lipinski definition) is 6. The van der Waals surface area contributed by atoms with Crippen LogP contribution < -0.4 is 16.0 Å². The van der Waals surface area contributed by atoms with Gasteiger partial charge in [0, 0.05) is 39.3 Å². The smallest absolute Gasteiger partial charge is 0.120 e. The lowest BCUT2D eigenvalue weighted by molar-refractivity contribution is -0.0163. The summed E-state index contributed by atoms with van der Waals surface area (Å²) >= 11 is 0. The molecule has 4 fully saturated rings. The van der Waals surface area contributed by atoms with Gasteiger partial charge in [-0.05, 0) is 62.2 Å². The summed E-state index contributed by atoms with van der Waals surface area (Å²) < 4.78 is 26.1. The average molecular weight is 423 g/mol. The maximum absolute atomic E-state index is 14.7. The van der Waals surface area contributed by atoms with Crippen molar-refractivity contribution in [2.45, 2.75) is 69.5 Å². The molecule has 30 heavy (non-hydrogen) atoms. The fraction of sp³-hybridized carbons (Fsp3) is 0.957. The minimum atomic E-state index is -0.962. The summed E-state index contributed by atoms with van der Waals surface area (Å²) in [6, 6.07) is 2.61. The third kappa shape index (κ3) is 5.34. The molecule has 0 aromatic carbocycles. The topological polar surface area (TPSA) is 78.3 Å². The minimum Gasteiger partial charge on any atom is -0.376 e. The molecule has 2 heterocycles. The van der Waals surface area contributed by atoms with Gasteiger partial charge in [-0.15, -0.1) is 0 Å². The van der Waals surface area contributed by atoms with Crippen LogP contribution in [0.15, 0.2) is 0 Å². The molecular formula is C23H39FN4O2. The minimum absolute atomic E-state index is 0.0771. The van der Waals surface area contributed by atoms with E-state index >= 15 is 0 Å². The highest BCUT2D eigenvalue weighted by atomic mass is 19.1. The average Bonchev–Trinajstić information content (AvgIpc) is 2.80. The van der Waals surface area contributed by atoms with E-state index in [2.05, 4.69) is 22.0 Å². The van der Waals surface area contributed by atoms with Gasteiger partial charge in [0.05, 0.1) is 24.7 Å². The predicted molar refractivity (Wildman–Crippen MR) is 113 cm³/mol. The van der Waals surface area contributed by atoms with Crippen molar-refractivity contribution in [1.29, 1.82) is 5.26 Å². The van der Waals surface area contributed by atoms with Crippen LogP contribution in [0.4, 0.5) is 4.39 Å². The van der Waals surface area contributed by atoms with Crippen LogP contribution >= 0.6 is 0 Å². The molecule has 0 bridgehead atoms. The second kappa shape index (κ2) is 10.7. The van der Waals surface area contributed by atoms with Gasteiger partial charge >= 0.3 is 0 Å². The maximum Gasteiger partial charge on any atom is 0.120 e. The number of nitriles is 1. The van der Waals surface area contributed by atoms with Gasteiger partial charge < -0.3 is 20.1 Å². The van der Waals surface area contributed by atoms with Crippen molar-refractivity contribution in [1.82, 2.24) is 16.0 Å². The molecule has 4 rings (SSSR count). The van der Waals surface area contributed by atoms with Gasteiger partial charge in [0.15, 0.2) is 0 Å². The Morgan fingerprint density at radius 3 is 2.63 bits per heavy atom. The first-order valence-electron chi connectivity index (χ1n) is 12.0. The molecule has 2 aliphatic heterocycles. The molecule has 2 saturated heterocycles. The number of methoxy groups -OCH3 is 1. The molecule has 3 N–H and O–H groups in total. The molecule has 0 radical (unpaired) electrons. The zero-order valence-electron chi connectivity index (χ0n) is 18.3. The third-order valence-corrected chi connectivity index (χ3v) is 8.18. The van der Waals surface area contributed by atoms with Crippen molar-refractivity contribution in [2.24, 2.45) is 29.6 Å². The van der Waals surface area contributed by atoms with Gasteiger partial charge in [-0.2, -0.15) is 5.26 Å². The van der Waals surface area contributed by atoms with Crippen LogP contribution in [0.1, 0.15) is 44.9 Å². The highest BCUT2D eigenvalue weighted by molar-refractivity contribution is 4.99. The van der Waals surface area contributed by atoms with Crippen molar-refractivity contribution in [3.63, 3.8) is 0 Å². The largest absolute Gasteiger partial charge is 0.376 e. The molecule has 9 atom stereocenters. The van der Waals surface area contributed by atoms with Crippen LogP contribution in [0.3, 0.4) is 0 Å². The number of nitrogens with one attached hydrogen (secondary N) is 3. The van der Waals surface area contributed by atoms with Gasteiger partial charge in [0.2, 0.25) is 0 Å². The first-order chi connectivity index (χ1) is 14.7. The molecule has 0 spiro atoms. The number of alkyl halides is 1. The Balaban J connectivity index is 1.42. The molecule has 0 aromatic heterocycles. The van der Waals surface area contributed by atoms with Crippen LogP contribution in [0, 0.1) is 40.9 Å². The summed E-state index contributed by atoms with van der Waals surface area (Å²) in [7, 11) is 1.74. The number of hydrogen-bond donors (Lipinski definition) is 3. The Bertz CT molecular complexity index is 574. The van der Waals surface area contributed by atoms with Crippen molar-refractivity contribution in [3.8, 4) is 6.07 Å². The van der Waals surface area contributed by atoms with Gasteiger partial charge in [-0.1, -0.05) is 6.42 Å². The van der Waals surface area contributed by atoms with E-state index in [1.165, 1.54) is 19.3 Å². The molecule has 170 valence electrons. The summed E-state index contributed by atoms with van der Waals surface area (Å²) in [6.45, 7) is 4.45. The first-order valence-corrected chi connectivity index (χ1v) is 12.0. The Hall–Kier alpha value is -0.780. The maximum atomic E-state index is 14.7. The van der Waals surface area contributed by atoms with Crippen molar-refractivity contribution in [2.75, 3.05) is 39.9 Å². The highest BCUT2D eigenvalue weighted by Crippen LogP contribution is 2.47. The lowest BCUT2D eigenvalue weighted by Gasteiger charge is -2.48. The van der Waals surface area contributed by atoms with E-state index < -0.39 is 12.1 Å². The molecule has 2 saturated carbocycles. The summed E-state index contributed by atoms with van der Waals surface area (Å²) in [5.74, 6) is 1.73. The van der Waals surface area contributed by atoms with Gasteiger partial charge in [-0.25, -0.2) is 4.39 Å². The fourth-order valence-corrected chi connectivity index (χ4v) is 6.53. The number of rotatable bonds is 5. The van der Waals surface area contributed by atoms with Crippen molar-refractivity contribution >= 4 is 0 Å². The number of nitrogens with zero attached hydrogens (tertiary/aromatic N) is 1. The van der Waals surface area contributed by atoms with Crippen LogP contribution in [0.5, 0.6) is 0 Å². The summed E-state index contributed by atoms with van der Waals surface area (Å²) in [6.07, 6.45) is 6.43. The predicted octanol–water partition coefficient (Wildman–Crippen LogP) is 2.21. The van der Waals surface area contributed by atoms with Crippen LogP contribution in [-0.2, 0) is 9.47 Å². The van der Waals surface area contributed by atoms with E-state index in [9.17, 15) is 9.65 Å². The second-order valence-electron chi connectivity index (χ2n) is 9.91. The van der Waals surface area contributed by atoms with Gasteiger partial charge in [-0.3, -0.25) is 5.32 Å². The monoisotopic (exact) mass is 422 g/mol. The van der Waals surface area contributed by atoms with E-state index in [1.54, 1.807) is 7.11 Å². The van der Waals surface area contributed by atoms with Gasteiger partial charge in [0.25, 0.3) is 0 Å². The standard InChI is InChI=1S/C23H39FN4O2/c1-29-23-14-27-22(13-28-23)19-5-2-15(8-18-12-26-6-7-30-18)9-20(19)16-3-4-17(11-25)21(24)10-16/h15-23,26-28H,2-10,12-14H2,1H3. The molecular weight excluding hydrogens is 383 g/mol. The highest BCUT2D eigenvalue weighted by Gasteiger charge is 2.44. The Morgan fingerprint density at radius 2 is 1.97 bits per heavy atom. The van der Waals surface area contributed by atoms with E-state index in [-0.39, 0.29) is 6.23 Å². The van der Waals surface area contributed by atoms with E-state index in [1.807, 2.05) is 0 Å². The van der Waals surface area contributed by atoms with Gasteiger partial charge in [0.1, 0.15) is 12.4 Å².